The zero-order valence-electron chi connectivity index (χ0n) is 11.9. The maximum atomic E-state index is 5.64. The second-order valence-corrected chi connectivity index (χ2v) is 5.40. The van der Waals surface area contributed by atoms with Gasteiger partial charge in [-0.2, -0.15) is 0 Å². The van der Waals surface area contributed by atoms with Gasteiger partial charge in [-0.15, -0.1) is 10.2 Å². The van der Waals surface area contributed by atoms with E-state index in [0.717, 1.165) is 16.6 Å². The number of hydrogen-bond donors (Lipinski definition) is 0. The molecule has 3 heterocycles. The standard InChI is InChI=1S/C14H16N4O2/c1-7(2)11-10-5-9(6-15-14(10)20-18-11)13-17-16-12(19-13)8(3)4/h5-8H,1-4H3. The van der Waals surface area contributed by atoms with Crippen molar-refractivity contribution in [3.05, 3.63) is 23.8 Å². The second kappa shape index (κ2) is 4.70. The Morgan fingerprint density at radius 2 is 1.85 bits per heavy atom. The summed E-state index contributed by atoms with van der Waals surface area (Å²) in [5.41, 5.74) is 2.20. The Morgan fingerprint density at radius 1 is 1.05 bits per heavy atom. The molecule has 0 aromatic carbocycles. The lowest BCUT2D eigenvalue weighted by Gasteiger charge is -1.99. The van der Waals surface area contributed by atoms with Crippen LogP contribution in [-0.2, 0) is 0 Å². The summed E-state index contributed by atoms with van der Waals surface area (Å²) >= 11 is 0. The number of rotatable bonds is 3. The van der Waals surface area contributed by atoms with Gasteiger partial charge in [0.15, 0.2) is 0 Å². The fourth-order valence-electron chi connectivity index (χ4n) is 1.97. The maximum absolute atomic E-state index is 5.64. The van der Waals surface area contributed by atoms with Gasteiger partial charge in [-0.05, 0) is 12.0 Å². The molecular formula is C14H16N4O2. The molecule has 0 radical (unpaired) electrons. The van der Waals surface area contributed by atoms with Crippen LogP contribution in [0.3, 0.4) is 0 Å². The first-order valence-corrected chi connectivity index (χ1v) is 6.65. The Labute approximate surface area is 116 Å². The van der Waals surface area contributed by atoms with Crippen molar-refractivity contribution < 1.29 is 8.94 Å². The summed E-state index contributed by atoms with van der Waals surface area (Å²) in [7, 11) is 0. The van der Waals surface area contributed by atoms with E-state index >= 15 is 0 Å². The van der Waals surface area contributed by atoms with Gasteiger partial charge in [-0.3, -0.25) is 0 Å². The lowest BCUT2D eigenvalue weighted by atomic mass is 10.1. The van der Waals surface area contributed by atoms with Crippen molar-refractivity contribution in [2.75, 3.05) is 0 Å². The number of hydrogen-bond acceptors (Lipinski definition) is 6. The summed E-state index contributed by atoms with van der Waals surface area (Å²) < 4.78 is 10.9. The molecule has 3 rings (SSSR count). The van der Waals surface area contributed by atoms with E-state index in [0.29, 0.717) is 17.5 Å². The molecule has 6 heteroatoms. The molecule has 0 fully saturated rings. The van der Waals surface area contributed by atoms with Crippen LogP contribution in [0.1, 0.15) is 51.1 Å². The van der Waals surface area contributed by atoms with Crippen molar-refractivity contribution in [3.63, 3.8) is 0 Å². The molecule has 0 bridgehead atoms. The van der Waals surface area contributed by atoms with Crippen LogP contribution in [0.25, 0.3) is 22.6 Å². The first kappa shape index (κ1) is 12.8. The summed E-state index contributed by atoms with van der Waals surface area (Å²) in [5.74, 6) is 1.56. The van der Waals surface area contributed by atoms with Crippen LogP contribution in [0.15, 0.2) is 21.2 Å². The Hall–Kier alpha value is -2.24. The number of pyridine rings is 1. The molecule has 0 unspecified atom stereocenters. The van der Waals surface area contributed by atoms with Crippen molar-refractivity contribution >= 4 is 11.1 Å². The zero-order chi connectivity index (χ0) is 14.3. The molecular weight excluding hydrogens is 256 g/mol. The SMILES string of the molecule is CC(C)c1nnc(-c2cnc3onc(C(C)C)c3c2)o1. The van der Waals surface area contributed by atoms with E-state index in [1.165, 1.54) is 0 Å². The van der Waals surface area contributed by atoms with Crippen molar-refractivity contribution in [2.24, 2.45) is 0 Å². The average molecular weight is 272 g/mol. The van der Waals surface area contributed by atoms with Gasteiger partial charge < -0.3 is 8.94 Å². The van der Waals surface area contributed by atoms with E-state index in [-0.39, 0.29) is 11.8 Å². The third-order valence-corrected chi connectivity index (χ3v) is 3.09. The fourth-order valence-corrected chi connectivity index (χ4v) is 1.97. The van der Waals surface area contributed by atoms with Crippen LogP contribution in [0.5, 0.6) is 0 Å². The second-order valence-electron chi connectivity index (χ2n) is 5.40. The minimum absolute atomic E-state index is 0.203. The van der Waals surface area contributed by atoms with Gasteiger partial charge >= 0.3 is 0 Å². The number of aromatic nitrogens is 4. The summed E-state index contributed by atoms with van der Waals surface area (Å²) in [4.78, 5) is 4.26. The van der Waals surface area contributed by atoms with Crippen molar-refractivity contribution in [1.29, 1.82) is 0 Å². The molecule has 0 saturated carbocycles. The molecule has 0 spiro atoms. The number of nitrogens with zero attached hydrogens (tertiary/aromatic N) is 4. The normalized spacial score (nSPS) is 11.9. The molecule has 0 atom stereocenters. The van der Waals surface area contributed by atoms with Gasteiger partial charge in [0, 0.05) is 12.1 Å². The van der Waals surface area contributed by atoms with Crippen molar-refractivity contribution in [3.8, 4) is 11.5 Å². The Balaban J connectivity index is 2.09. The van der Waals surface area contributed by atoms with Crippen LogP contribution >= 0.6 is 0 Å². The predicted octanol–water partition coefficient (Wildman–Crippen LogP) is 3.52. The average Bonchev–Trinajstić information content (AvgIpc) is 3.04. The van der Waals surface area contributed by atoms with Crippen molar-refractivity contribution in [1.82, 2.24) is 20.3 Å². The molecule has 0 N–H and O–H groups in total. The highest BCUT2D eigenvalue weighted by Gasteiger charge is 2.16. The molecule has 20 heavy (non-hydrogen) atoms. The van der Waals surface area contributed by atoms with Gasteiger partial charge in [0.2, 0.25) is 11.8 Å². The lowest BCUT2D eigenvalue weighted by Crippen LogP contribution is -1.88. The predicted molar refractivity (Wildman–Crippen MR) is 73.3 cm³/mol. The van der Waals surface area contributed by atoms with E-state index in [4.69, 9.17) is 8.94 Å². The minimum Gasteiger partial charge on any atom is -0.420 e. The molecule has 0 amide bonds. The smallest absolute Gasteiger partial charge is 0.257 e. The summed E-state index contributed by atoms with van der Waals surface area (Å²) in [5, 5.41) is 13.0. The van der Waals surface area contributed by atoms with Gasteiger partial charge in [0.25, 0.3) is 5.71 Å². The Morgan fingerprint density at radius 3 is 2.50 bits per heavy atom. The summed E-state index contributed by atoms with van der Waals surface area (Å²) in [6, 6.07) is 1.94. The van der Waals surface area contributed by atoms with Crippen LogP contribution in [0.2, 0.25) is 0 Å². The van der Waals surface area contributed by atoms with E-state index in [1.54, 1.807) is 6.20 Å². The monoisotopic (exact) mass is 272 g/mol. The highest BCUT2D eigenvalue weighted by molar-refractivity contribution is 5.80. The van der Waals surface area contributed by atoms with E-state index < -0.39 is 0 Å². The molecule has 0 saturated heterocycles. The summed E-state index contributed by atoms with van der Waals surface area (Å²) in [6.45, 7) is 8.15. The highest BCUT2D eigenvalue weighted by atomic mass is 16.5. The largest absolute Gasteiger partial charge is 0.420 e. The first-order valence-electron chi connectivity index (χ1n) is 6.65. The quantitative estimate of drug-likeness (QED) is 0.726. The molecule has 0 aliphatic rings. The van der Waals surface area contributed by atoms with Gasteiger partial charge in [-0.1, -0.05) is 32.9 Å². The van der Waals surface area contributed by atoms with Crippen LogP contribution in [0, 0.1) is 0 Å². The molecule has 104 valence electrons. The fraction of sp³-hybridized carbons (Fsp3) is 0.429. The van der Waals surface area contributed by atoms with Crippen LogP contribution < -0.4 is 0 Å². The van der Waals surface area contributed by atoms with Crippen LogP contribution in [-0.4, -0.2) is 20.3 Å². The van der Waals surface area contributed by atoms with Crippen LogP contribution in [0.4, 0.5) is 0 Å². The summed E-state index contributed by atoms with van der Waals surface area (Å²) in [6.07, 6.45) is 1.66. The molecule has 6 nitrogen and oxygen atoms in total. The van der Waals surface area contributed by atoms with Crippen molar-refractivity contribution in [2.45, 2.75) is 39.5 Å². The molecule has 3 aromatic rings. The van der Waals surface area contributed by atoms with Gasteiger partial charge in [0.1, 0.15) is 0 Å². The minimum atomic E-state index is 0.203. The first-order chi connectivity index (χ1) is 9.56. The van der Waals surface area contributed by atoms with E-state index in [9.17, 15) is 0 Å². The van der Waals surface area contributed by atoms with Gasteiger partial charge in [-0.25, -0.2) is 4.98 Å². The Kier molecular flexibility index (Phi) is 3.00. The van der Waals surface area contributed by atoms with Gasteiger partial charge in [0.05, 0.1) is 16.6 Å². The van der Waals surface area contributed by atoms with E-state index in [2.05, 4.69) is 34.2 Å². The third kappa shape index (κ3) is 2.07. The highest BCUT2D eigenvalue weighted by Crippen LogP contribution is 2.28. The molecule has 0 aliphatic heterocycles. The van der Waals surface area contributed by atoms with E-state index in [1.807, 2.05) is 19.9 Å². The molecule has 3 aromatic heterocycles. The third-order valence-electron chi connectivity index (χ3n) is 3.09. The number of fused-ring (bicyclic) bond motifs is 1. The topological polar surface area (TPSA) is 77.8 Å². The maximum Gasteiger partial charge on any atom is 0.257 e. The molecule has 0 aliphatic carbocycles. The lowest BCUT2D eigenvalue weighted by molar-refractivity contribution is 0.434. The Bertz CT molecular complexity index is 743. The zero-order valence-corrected chi connectivity index (χ0v) is 11.9.